The molecule has 308 valence electrons. The largest absolute Gasteiger partial charge is 0.461 e. The number of hydrogen-bond acceptors (Lipinski definition) is 17. The van der Waals surface area contributed by atoms with Crippen molar-refractivity contribution in [2.75, 3.05) is 177 Å². The first-order chi connectivity index (χ1) is 25.3. The van der Waals surface area contributed by atoms with Crippen LogP contribution < -0.4 is 49.9 Å². The minimum absolute atomic E-state index is 0.0136. The maximum atomic E-state index is 11.9. The van der Waals surface area contributed by atoms with E-state index in [-0.39, 0.29) is 25.7 Å². The van der Waals surface area contributed by atoms with Gasteiger partial charge >= 0.3 is 11.9 Å². The monoisotopic (exact) mass is 746 g/mol. The van der Waals surface area contributed by atoms with Gasteiger partial charge in [0.05, 0.1) is 6.54 Å². The number of carbonyl (C=O) groups excluding carboxylic acids is 2. The van der Waals surface area contributed by atoms with E-state index in [9.17, 15) is 9.59 Å². The molecule has 0 radical (unpaired) electrons. The van der Waals surface area contributed by atoms with E-state index in [1.54, 1.807) is 6.92 Å². The van der Waals surface area contributed by atoms with Crippen LogP contribution in [0.5, 0.6) is 0 Å². The molecule has 52 heavy (non-hydrogen) atoms. The molecule has 0 saturated carbocycles. The molecule has 0 aliphatic carbocycles. The normalized spacial score (nSPS) is 11.7. The van der Waals surface area contributed by atoms with Gasteiger partial charge in [-0.25, -0.2) is 4.79 Å². The van der Waals surface area contributed by atoms with E-state index in [1.807, 2.05) is 0 Å². The number of nitrogens with two attached hydrogens (primary N) is 5. The highest BCUT2D eigenvalue weighted by atomic mass is 16.6. The number of unbranched alkanes of at least 4 members (excludes halogenated alkanes) is 2. The van der Waals surface area contributed by atoms with Crippen molar-refractivity contribution in [3.05, 3.63) is 12.2 Å². The maximum Gasteiger partial charge on any atom is 0.333 e. The van der Waals surface area contributed by atoms with Gasteiger partial charge in [0.1, 0.15) is 13.2 Å². The molecule has 0 unspecified atom stereocenters. The topological polar surface area (TPSA) is 244 Å². The number of nitrogens with one attached hydrogen (secondary N) is 4. The third-order valence-corrected chi connectivity index (χ3v) is 8.39. The number of ether oxygens (including phenoxy) is 2. The van der Waals surface area contributed by atoms with Crippen molar-refractivity contribution in [1.82, 2.24) is 40.9 Å². The van der Waals surface area contributed by atoms with Crippen molar-refractivity contribution < 1.29 is 19.1 Å². The van der Waals surface area contributed by atoms with Gasteiger partial charge in [-0.05, 0) is 32.9 Å². The van der Waals surface area contributed by atoms with Crippen molar-refractivity contribution in [2.24, 2.45) is 28.7 Å². The number of carbonyl (C=O) groups is 2. The lowest BCUT2D eigenvalue weighted by molar-refractivity contribution is -0.149. The highest BCUT2D eigenvalue weighted by Crippen LogP contribution is 2.02. The van der Waals surface area contributed by atoms with Gasteiger partial charge in [-0.2, -0.15) is 0 Å². The second-order valence-corrected chi connectivity index (χ2v) is 12.9. The third kappa shape index (κ3) is 31.7. The first kappa shape index (κ1) is 50.2. The minimum Gasteiger partial charge on any atom is -0.461 e. The lowest BCUT2D eigenvalue weighted by Crippen LogP contribution is -2.45. The van der Waals surface area contributed by atoms with Gasteiger partial charge in [-0.15, -0.1) is 0 Å². The summed E-state index contributed by atoms with van der Waals surface area (Å²) in [6.07, 6.45) is 3.44. The van der Waals surface area contributed by atoms with Crippen molar-refractivity contribution in [1.29, 1.82) is 0 Å². The summed E-state index contributed by atoms with van der Waals surface area (Å²) in [5.74, 6) is -0.881. The Balaban J connectivity index is 4.54. The zero-order valence-corrected chi connectivity index (χ0v) is 32.7. The molecule has 0 aromatic carbocycles. The van der Waals surface area contributed by atoms with Gasteiger partial charge < -0.3 is 64.3 Å². The van der Waals surface area contributed by atoms with Crippen LogP contribution in [0.1, 0.15) is 26.2 Å². The molecule has 0 bridgehead atoms. The molecule has 0 heterocycles. The molecule has 0 aromatic rings. The molecule has 0 atom stereocenters. The standard InChI is InChI=1S/C35H79N13O4/c1-33(2)35(50)52-31-30-51-34(49)32-44-17-25-47(21-10-40)22-14-41-11-4-3-5-18-45(26-28-46(19-8-38)20-9-39)27-29-48(23-15-42-12-6-36)24-16-43-13-7-37/h41-44H,1,3-32,36-40H2,2H3. The second-order valence-electron chi connectivity index (χ2n) is 12.9. The fourth-order valence-corrected chi connectivity index (χ4v) is 5.40. The first-order valence-electron chi connectivity index (χ1n) is 19.5. The van der Waals surface area contributed by atoms with E-state index in [4.69, 9.17) is 38.1 Å². The zero-order chi connectivity index (χ0) is 38.5. The van der Waals surface area contributed by atoms with E-state index in [0.29, 0.717) is 44.8 Å². The summed E-state index contributed by atoms with van der Waals surface area (Å²) in [5, 5.41) is 13.6. The predicted octanol–water partition coefficient (Wildman–Crippen LogP) is -3.82. The maximum absolute atomic E-state index is 11.9. The molecule has 0 aliphatic rings. The summed E-state index contributed by atoms with van der Waals surface area (Å²) < 4.78 is 10.00. The molecule has 0 fully saturated rings. The van der Waals surface area contributed by atoms with Crippen molar-refractivity contribution in [3.8, 4) is 0 Å². The zero-order valence-electron chi connectivity index (χ0n) is 32.7. The average Bonchev–Trinajstić information content (AvgIpc) is 3.13. The van der Waals surface area contributed by atoms with Crippen molar-refractivity contribution >= 4 is 11.9 Å². The summed E-state index contributed by atoms with van der Waals surface area (Å²) in [6.45, 7) is 25.6. The molecular weight excluding hydrogens is 666 g/mol. The smallest absolute Gasteiger partial charge is 0.333 e. The van der Waals surface area contributed by atoms with Crippen LogP contribution in [0.2, 0.25) is 0 Å². The Morgan fingerprint density at radius 3 is 1.38 bits per heavy atom. The van der Waals surface area contributed by atoms with Gasteiger partial charge in [0.2, 0.25) is 0 Å². The highest BCUT2D eigenvalue weighted by molar-refractivity contribution is 5.86. The number of nitrogens with zero attached hydrogens (tertiary/aromatic N) is 4. The fraction of sp³-hybridized carbons (Fsp3) is 0.886. The van der Waals surface area contributed by atoms with Gasteiger partial charge in [0, 0.05) is 150 Å². The minimum atomic E-state index is -0.493. The van der Waals surface area contributed by atoms with E-state index in [2.05, 4.69) is 47.4 Å². The van der Waals surface area contributed by atoms with Crippen molar-refractivity contribution in [3.63, 3.8) is 0 Å². The van der Waals surface area contributed by atoms with Crippen LogP contribution >= 0.6 is 0 Å². The lowest BCUT2D eigenvalue weighted by Gasteiger charge is -2.30. The van der Waals surface area contributed by atoms with E-state index in [0.717, 1.165) is 137 Å². The van der Waals surface area contributed by atoms with Gasteiger partial charge in [-0.1, -0.05) is 13.0 Å². The molecular formula is C35H79N13O4. The van der Waals surface area contributed by atoms with Gasteiger partial charge in [0.25, 0.3) is 0 Å². The van der Waals surface area contributed by atoms with E-state index >= 15 is 0 Å². The Hall–Kier alpha value is -1.84. The molecule has 17 heteroatoms. The lowest BCUT2D eigenvalue weighted by atomic mass is 10.2. The van der Waals surface area contributed by atoms with Crippen LogP contribution in [0.15, 0.2) is 12.2 Å². The molecule has 0 aliphatic heterocycles. The van der Waals surface area contributed by atoms with E-state index < -0.39 is 5.97 Å². The highest BCUT2D eigenvalue weighted by Gasteiger charge is 2.12. The predicted molar refractivity (Wildman–Crippen MR) is 213 cm³/mol. The van der Waals surface area contributed by atoms with Gasteiger partial charge in [0.15, 0.2) is 0 Å². The molecule has 0 rings (SSSR count). The summed E-state index contributed by atoms with van der Waals surface area (Å²) >= 11 is 0. The number of esters is 2. The van der Waals surface area contributed by atoms with Gasteiger partial charge in [-0.3, -0.25) is 19.5 Å². The van der Waals surface area contributed by atoms with Crippen LogP contribution in [0.4, 0.5) is 0 Å². The Bertz CT molecular complexity index is 829. The van der Waals surface area contributed by atoms with Crippen LogP contribution in [0.3, 0.4) is 0 Å². The quantitative estimate of drug-likeness (QED) is 0.0166. The molecule has 0 spiro atoms. The van der Waals surface area contributed by atoms with Crippen LogP contribution in [-0.4, -0.2) is 208 Å². The summed E-state index contributed by atoms with van der Waals surface area (Å²) in [4.78, 5) is 33.0. The number of rotatable bonds is 40. The fourth-order valence-electron chi connectivity index (χ4n) is 5.40. The Kier molecular flexibility index (Phi) is 36.1. The molecule has 0 amide bonds. The first-order valence-corrected chi connectivity index (χ1v) is 19.5. The van der Waals surface area contributed by atoms with E-state index in [1.165, 1.54) is 0 Å². The molecule has 0 aromatic heterocycles. The van der Waals surface area contributed by atoms with Crippen LogP contribution in [-0.2, 0) is 19.1 Å². The summed E-state index contributed by atoms with van der Waals surface area (Å²) in [7, 11) is 0. The Morgan fingerprint density at radius 2 is 0.904 bits per heavy atom. The Labute approximate surface area is 315 Å². The summed E-state index contributed by atoms with van der Waals surface area (Å²) in [6, 6.07) is 0. The van der Waals surface area contributed by atoms with Crippen LogP contribution in [0, 0.1) is 0 Å². The molecule has 17 nitrogen and oxygen atoms in total. The van der Waals surface area contributed by atoms with Crippen LogP contribution in [0.25, 0.3) is 0 Å². The third-order valence-electron chi connectivity index (χ3n) is 8.39. The molecule has 0 saturated heterocycles. The SMILES string of the molecule is C=C(C)C(=O)OCCOC(=O)CNCCN(CCN)CCNCCCCCN(CCN(CCN)CCN)CCN(CCNCCN)CCNCCN. The molecule has 14 N–H and O–H groups in total. The average molecular weight is 746 g/mol. The van der Waals surface area contributed by atoms with Crippen molar-refractivity contribution in [2.45, 2.75) is 26.2 Å². The number of hydrogen-bond donors (Lipinski definition) is 9. The Morgan fingerprint density at radius 1 is 0.481 bits per heavy atom. The second kappa shape index (κ2) is 37.5. The summed E-state index contributed by atoms with van der Waals surface area (Å²) in [5.41, 5.74) is 29.2.